The molecule has 1 amide bonds. The maximum absolute atomic E-state index is 13.1. The van der Waals surface area contributed by atoms with Gasteiger partial charge in [-0.15, -0.1) is 11.3 Å². The lowest BCUT2D eigenvalue weighted by atomic mass is 10.2. The van der Waals surface area contributed by atoms with E-state index in [1.165, 1.54) is 23.5 Å². The number of nitrogens with one attached hydrogen (secondary N) is 1. The zero-order valence-electron chi connectivity index (χ0n) is 9.81. The van der Waals surface area contributed by atoms with Crippen molar-refractivity contribution in [3.8, 4) is 6.07 Å². The molecule has 0 aliphatic heterocycles. The third-order valence-corrected chi connectivity index (χ3v) is 3.43. The maximum Gasteiger partial charge on any atom is 0.249 e. The highest BCUT2D eigenvalue weighted by Crippen LogP contribution is 2.18. The van der Waals surface area contributed by atoms with Crippen LogP contribution in [0.4, 0.5) is 10.1 Å². The standard InChI is InChI=1S/C13H10FN3OS/c14-12-2-1-10(3-8(12)5-15)17-6-11-4-9(7-19-11)13(16)18/h1-4,7,17H,6H2,(H2,16,18). The van der Waals surface area contributed by atoms with Crippen LogP contribution in [0.3, 0.4) is 0 Å². The number of carbonyl (C=O) groups is 1. The van der Waals surface area contributed by atoms with Gasteiger partial charge in [-0.25, -0.2) is 4.39 Å². The Morgan fingerprint density at radius 3 is 2.89 bits per heavy atom. The first-order valence-corrected chi connectivity index (χ1v) is 6.29. The van der Waals surface area contributed by atoms with E-state index >= 15 is 0 Å². The summed E-state index contributed by atoms with van der Waals surface area (Å²) >= 11 is 1.41. The minimum atomic E-state index is -0.541. The Labute approximate surface area is 113 Å². The van der Waals surface area contributed by atoms with Crippen molar-refractivity contribution in [1.29, 1.82) is 5.26 Å². The normalized spacial score (nSPS) is 9.89. The van der Waals surface area contributed by atoms with Gasteiger partial charge >= 0.3 is 0 Å². The van der Waals surface area contributed by atoms with E-state index in [-0.39, 0.29) is 5.56 Å². The summed E-state index contributed by atoms with van der Waals surface area (Å²) in [6, 6.07) is 7.72. The molecule has 1 heterocycles. The van der Waals surface area contributed by atoms with Crippen molar-refractivity contribution in [1.82, 2.24) is 0 Å². The van der Waals surface area contributed by atoms with Gasteiger partial charge in [-0.1, -0.05) is 0 Å². The number of primary amides is 1. The fourth-order valence-electron chi connectivity index (χ4n) is 1.51. The second-order valence-electron chi connectivity index (χ2n) is 3.83. The molecule has 2 aromatic rings. The van der Waals surface area contributed by atoms with Crippen molar-refractivity contribution in [3.63, 3.8) is 0 Å². The summed E-state index contributed by atoms with van der Waals surface area (Å²) in [6.07, 6.45) is 0. The van der Waals surface area contributed by atoms with Crippen LogP contribution in [-0.4, -0.2) is 5.91 Å². The van der Waals surface area contributed by atoms with E-state index in [1.54, 1.807) is 23.6 Å². The van der Waals surface area contributed by atoms with Crippen LogP contribution < -0.4 is 11.1 Å². The fraction of sp³-hybridized carbons (Fsp3) is 0.0769. The summed E-state index contributed by atoms with van der Waals surface area (Å²) in [7, 11) is 0. The second-order valence-corrected chi connectivity index (χ2v) is 4.82. The third-order valence-electron chi connectivity index (χ3n) is 2.49. The van der Waals surface area contributed by atoms with Crippen molar-refractivity contribution in [2.75, 3.05) is 5.32 Å². The van der Waals surface area contributed by atoms with Gasteiger partial charge in [-0.3, -0.25) is 4.79 Å². The molecule has 0 bridgehead atoms. The summed E-state index contributed by atoms with van der Waals surface area (Å²) in [4.78, 5) is 11.9. The number of benzene rings is 1. The van der Waals surface area contributed by atoms with E-state index in [4.69, 9.17) is 11.0 Å². The smallest absolute Gasteiger partial charge is 0.249 e. The molecular weight excluding hydrogens is 265 g/mol. The van der Waals surface area contributed by atoms with Crippen LogP contribution in [0.15, 0.2) is 29.6 Å². The molecule has 1 aromatic heterocycles. The summed E-state index contributed by atoms with van der Waals surface area (Å²) in [6.45, 7) is 0.481. The summed E-state index contributed by atoms with van der Waals surface area (Å²) in [5, 5.41) is 13.5. The van der Waals surface area contributed by atoms with Gasteiger partial charge in [0.05, 0.1) is 11.1 Å². The minimum absolute atomic E-state index is 0.00555. The van der Waals surface area contributed by atoms with Gasteiger partial charge < -0.3 is 11.1 Å². The minimum Gasteiger partial charge on any atom is -0.380 e. The molecule has 0 fully saturated rings. The van der Waals surface area contributed by atoms with E-state index in [9.17, 15) is 9.18 Å². The van der Waals surface area contributed by atoms with Crippen molar-refractivity contribution in [2.24, 2.45) is 5.73 Å². The topological polar surface area (TPSA) is 78.9 Å². The molecular formula is C13H10FN3OS. The van der Waals surface area contributed by atoms with E-state index in [0.717, 1.165) is 4.88 Å². The van der Waals surface area contributed by atoms with Crippen molar-refractivity contribution < 1.29 is 9.18 Å². The van der Waals surface area contributed by atoms with Gasteiger partial charge in [-0.05, 0) is 24.3 Å². The predicted molar refractivity (Wildman–Crippen MR) is 71.3 cm³/mol. The molecule has 3 N–H and O–H groups in total. The average molecular weight is 275 g/mol. The number of carbonyl (C=O) groups excluding carboxylic acids is 1. The highest BCUT2D eigenvalue weighted by molar-refractivity contribution is 7.10. The number of halogens is 1. The fourth-order valence-corrected chi connectivity index (χ4v) is 2.33. The van der Waals surface area contributed by atoms with Crippen LogP contribution in [0.1, 0.15) is 20.8 Å². The van der Waals surface area contributed by atoms with Gasteiger partial charge in [0, 0.05) is 22.5 Å². The molecule has 0 unspecified atom stereocenters. The number of anilines is 1. The first kappa shape index (κ1) is 13.1. The zero-order chi connectivity index (χ0) is 13.8. The van der Waals surface area contributed by atoms with Crippen molar-refractivity contribution in [3.05, 3.63) is 51.5 Å². The van der Waals surface area contributed by atoms with E-state index in [1.807, 2.05) is 0 Å². The average Bonchev–Trinajstić information content (AvgIpc) is 2.87. The molecule has 6 heteroatoms. The third kappa shape index (κ3) is 3.09. The highest BCUT2D eigenvalue weighted by Gasteiger charge is 2.06. The maximum atomic E-state index is 13.1. The molecule has 0 radical (unpaired) electrons. The van der Waals surface area contributed by atoms with E-state index in [0.29, 0.717) is 17.8 Å². The molecule has 0 saturated carbocycles. The zero-order valence-corrected chi connectivity index (χ0v) is 10.6. The van der Waals surface area contributed by atoms with Gasteiger partial charge in [0.1, 0.15) is 11.9 Å². The largest absolute Gasteiger partial charge is 0.380 e. The summed E-state index contributed by atoms with van der Waals surface area (Å²) in [5.74, 6) is -1.00. The Morgan fingerprint density at radius 2 is 2.26 bits per heavy atom. The van der Waals surface area contributed by atoms with Crippen LogP contribution in [0.5, 0.6) is 0 Å². The van der Waals surface area contributed by atoms with E-state index < -0.39 is 11.7 Å². The quantitative estimate of drug-likeness (QED) is 0.899. The Hall–Kier alpha value is -2.39. The number of hydrogen-bond acceptors (Lipinski definition) is 4. The van der Waals surface area contributed by atoms with Gasteiger partial charge in [0.25, 0.3) is 0 Å². The lowest BCUT2D eigenvalue weighted by molar-refractivity contribution is 0.100. The van der Waals surface area contributed by atoms with Gasteiger partial charge in [0.2, 0.25) is 5.91 Å². The molecule has 0 atom stereocenters. The lowest BCUT2D eigenvalue weighted by Gasteiger charge is -2.05. The Balaban J connectivity index is 2.06. The van der Waals surface area contributed by atoms with Crippen LogP contribution in [0, 0.1) is 17.1 Å². The number of amides is 1. The number of nitrogens with two attached hydrogens (primary N) is 1. The number of nitrogens with zero attached hydrogens (tertiary/aromatic N) is 1. The van der Waals surface area contributed by atoms with Crippen molar-refractivity contribution in [2.45, 2.75) is 6.54 Å². The van der Waals surface area contributed by atoms with Crippen molar-refractivity contribution >= 4 is 22.9 Å². The molecule has 0 aliphatic rings. The Kier molecular flexibility index (Phi) is 3.78. The lowest BCUT2D eigenvalue weighted by Crippen LogP contribution is -2.09. The number of thiophene rings is 1. The summed E-state index contributed by atoms with van der Waals surface area (Å²) < 4.78 is 13.1. The molecule has 1 aromatic carbocycles. The monoisotopic (exact) mass is 275 g/mol. The van der Waals surface area contributed by atoms with Crippen LogP contribution >= 0.6 is 11.3 Å². The molecule has 2 rings (SSSR count). The van der Waals surface area contributed by atoms with Crippen LogP contribution in [0.25, 0.3) is 0 Å². The second kappa shape index (κ2) is 5.50. The molecule has 0 spiro atoms. The van der Waals surface area contributed by atoms with Crippen LogP contribution in [0.2, 0.25) is 0 Å². The number of hydrogen-bond donors (Lipinski definition) is 2. The first-order valence-electron chi connectivity index (χ1n) is 5.41. The highest BCUT2D eigenvalue weighted by atomic mass is 32.1. The van der Waals surface area contributed by atoms with E-state index in [2.05, 4.69) is 5.32 Å². The molecule has 19 heavy (non-hydrogen) atoms. The Bertz CT molecular complexity index is 660. The number of nitriles is 1. The molecule has 0 aliphatic carbocycles. The first-order chi connectivity index (χ1) is 9.10. The SMILES string of the molecule is N#Cc1cc(NCc2cc(C(N)=O)cs2)ccc1F. The predicted octanol–water partition coefficient (Wildman–Crippen LogP) is 2.47. The van der Waals surface area contributed by atoms with Gasteiger partial charge in [0.15, 0.2) is 0 Å². The van der Waals surface area contributed by atoms with Gasteiger partial charge in [-0.2, -0.15) is 5.26 Å². The van der Waals surface area contributed by atoms with Crippen LogP contribution in [-0.2, 0) is 6.54 Å². The Morgan fingerprint density at radius 1 is 1.47 bits per heavy atom. The molecule has 0 saturated heterocycles. The summed E-state index contributed by atoms with van der Waals surface area (Å²) in [5.41, 5.74) is 6.27. The molecule has 4 nitrogen and oxygen atoms in total. The number of rotatable bonds is 4. The molecule has 96 valence electrons.